The second kappa shape index (κ2) is 12.6. The molecule has 0 unspecified atom stereocenters. The fraction of sp³-hybridized carbons (Fsp3) is 0.310. The molecule has 4 aromatic rings. The Morgan fingerprint density at radius 3 is 2.26 bits per heavy atom. The molecule has 2 N–H and O–H groups in total. The van der Waals surface area contributed by atoms with Crippen molar-refractivity contribution in [2.24, 2.45) is 0 Å². The van der Waals surface area contributed by atoms with Crippen molar-refractivity contribution in [3.63, 3.8) is 0 Å². The standard InChI is InChI=1S/C28H29NO3S.CH4O3S/c1-20-5-14-27(33-20)26-12-6-21-19-22(30)7-13-25(21)28(26)32-24-10-8-23(9-11-24)31-18-17-29-15-3-2-4-16-29;1-5(2,3)4/h5-14,19,30H,2-4,15-18H2,1H3;1H3,(H,2,3,4). The smallest absolute Gasteiger partial charge is 0.261 e. The van der Waals surface area contributed by atoms with E-state index in [4.69, 9.17) is 14.0 Å². The number of rotatable bonds is 7. The van der Waals surface area contributed by atoms with Crippen LogP contribution in [0.15, 0.2) is 66.7 Å². The molecular formula is C29H33NO6S2. The molecule has 38 heavy (non-hydrogen) atoms. The number of hydrogen-bond acceptors (Lipinski definition) is 7. The number of hydrogen-bond donors (Lipinski definition) is 2. The van der Waals surface area contributed by atoms with E-state index < -0.39 is 10.1 Å². The van der Waals surface area contributed by atoms with Crippen molar-refractivity contribution in [2.75, 3.05) is 32.5 Å². The van der Waals surface area contributed by atoms with Crippen LogP contribution >= 0.6 is 11.3 Å². The molecule has 1 aromatic heterocycles. The van der Waals surface area contributed by atoms with Gasteiger partial charge in [-0.25, -0.2) is 0 Å². The molecule has 0 amide bonds. The minimum Gasteiger partial charge on any atom is -0.508 e. The van der Waals surface area contributed by atoms with Gasteiger partial charge in [0.25, 0.3) is 10.1 Å². The summed E-state index contributed by atoms with van der Waals surface area (Å²) in [4.78, 5) is 4.90. The first-order chi connectivity index (χ1) is 18.2. The largest absolute Gasteiger partial charge is 0.508 e. The molecule has 0 aliphatic carbocycles. The van der Waals surface area contributed by atoms with Crippen molar-refractivity contribution in [3.8, 4) is 33.4 Å². The average Bonchev–Trinajstić information content (AvgIpc) is 3.30. The monoisotopic (exact) mass is 555 g/mol. The molecule has 1 saturated heterocycles. The predicted octanol–water partition coefficient (Wildman–Crippen LogP) is 6.74. The number of thiophene rings is 1. The summed E-state index contributed by atoms with van der Waals surface area (Å²) < 4.78 is 38.3. The number of likely N-dealkylation sites (tertiary alicyclic amines) is 1. The third-order valence-electron chi connectivity index (χ3n) is 6.13. The Bertz CT molecular complexity index is 1450. The first kappa shape index (κ1) is 27.9. The van der Waals surface area contributed by atoms with Gasteiger partial charge in [0.2, 0.25) is 0 Å². The molecule has 202 valence electrons. The van der Waals surface area contributed by atoms with E-state index in [-0.39, 0.29) is 5.75 Å². The summed E-state index contributed by atoms with van der Waals surface area (Å²) in [7, 11) is -3.67. The highest BCUT2D eigenvalue weighted by atomic mass is 32.2. The molecule has 1 fully saturated rings. The summed E-state index contributed by atoms with van der Waals surface area (Å²) >= 11 is 1.75. The zero-order valence-corrected chi connectivity index (χ0v) is 23.2. The Kier molecular flexibility index (Phi) is 9.27. The van der Waals surface area contributed by atoms with Crippen LogP contribution in [-0.4, -0.2) is 55.5 Å². The Balaban J connectivity index is 0.000000617. The van der Waals surface area contributed by atoms with E-state index in [2.05, 4.69) is 30.0 Å². The van der Waals surface area contributed by atoms with Crippen LogP contribution in [0, 0.1) is 6.92 Å². The van der Waals surface area contributed by atoms with Crippen LogP contribution < -0.4 is 9.47 Å². The number of phenolic OH excluding ortho intramolecular Hbond substituents is 1. The number of piperidine rings is 1. The predicted molar refractivity (Wildman–Crippen MR) is 153 cm³/mol. The summed E-state index contributed by atoms with van der Waals surface area (Å²) in [6.07, 6.45) is 4.66. The molecule has 1 aliphatic heterocycles. The number of phenols is 1. The fourth-order valence-corrected chi connectivity index (χ4v) is 5.26. The van der Waals surface area contributed by atoms with Gasteiger partial charge in [0.15, 0.2) is 0 Å². The van der Waals surface area contributed by atoms with Gasteiger partial charge in [0.05, 0.1) is 6.26 Å². The molecule has 1 aliphatic rings. The molecule has 7 nitrogen and oxygen atoms in total. The quantitative estimate of drug-likeness (QED) is 0.244. The molecule has 0 atom stereocenters. The first-order valence-corrected chi connectivity index (χ1v) is 15.2. The molecule has 5 rings (SSSR count). The SMILES string of the molecule is CS(=O)(=O)O.Cc1ccc(-c2ccc3cc(O)ccc3c2Oc2ccc(OCCN3CCCCC3)cc2)s1. The molecule has 2 heterocycles. The lowest BCUT2D eigenvalue weighted by Crippen LogP contribution is -2.33. The van der Waals surface area contributed by atoms with Crippen molar-refractivity contribution in [1.29, 1.82) is 0 Å². The highest BCUT2D eigenvalue weighted by Gasteiger charge is 2.15. The number of aromatic hydroxyl groups is 1. The van der Waals surface area contributed by atoms with Crippen molar-refractivity contribution < 1.29 is 27.6 Å². The van der Waals surface area contributed by atoms with Crippen LogP contribution in [0.4, 0.5) is 0 Å². The summed E-state index contributed by atoms with van der Waals surface area (Å²) in [6, 6.07) is 21.6. The lowest BCUT2D eigenvalue weighted by molar-refractivity contribution is 0.183. The second-order valence-corrected chi connectivity index (χ2v) is 12.1. The minimum absolute atomic E-state index is 0.249. The second-order valence-electron chi connectivity index (χ2n) is 9.32. The normalized spacial score (nSPS) is 14.1. The zero-order valence-electron chi connectivity index (χ0n) is 21.6. The topological polar surface area (TPSA) is 96.3 Å². The van der Waals surface area contributed by atoms with Gasteiger partial charge in [0, 0.05) is 27.2 Å². The van der Waals surface area contributed by atoms with Gasteiger partial charge in [-0.1, -0.05) is 12.5 Å². The number of fused-ring (bicyclic) bond motifs is 1. The van der Waals surface area contributed by atoms with Gasteiger partial charge in [-0.2, -0.15) is 8.42 Å². The molecule has 3 aromatic carbocycles. The number of benzene rings is 3. The third kappa shape index (κ3) is 8.19. The number of aryl methyl sites for hydroxylation is 1. The highest BCUT2D eigenvalue weighted by molar-refractivity contribution is 7.85. The van der Waals surface area contributed by atoms with Gasteiger partial charge in [-0.3, -0.25) is 9.45 Å². The molecule has 0 radical (unpaired) electrons. The van der Waals surface area contributed by atoms with E-state index in [9.17, 15) is 13.5 Å². The van der Waals surface area contributed by atoms with Crippen LogP contribution in [0.1, 0.15) is 24.1 Å². The molecule has 0 spiro atoms. The van der Waals surface area contributed by atoms with Crippen molar-refractivity contribution in [1.82, 2.24) is 4.90 Å². The lowest BCUT2D eigenvalue weighted by Gasteiger charge is -2.26. The summed E-state index contributed by atoms with van der Waals surface area (Å²) in [5.41, 5.74) is 1.05. The maximum absolute atomic E-state index is 9.93. The van der Waals surface area contributed by atoms with E-state index in [0.717, 1.165) is 45.0 Å². The molecular weight excluding hydrogens is 522 g/mol. The van der Waals surface area contributed by atoms with Crippen LogP contribution in [0.2, 0.25) is 0 Å². The van der Waals surface area contributed by atoms with E-state index in [1.165, 1.54) is 37.2 Å². The molecule has 0 bridgehead atoms. The first-order valence-electron chi connectivity index (χ1n) is 12.5. The summed E-state index contributed by atoms with van der Waals surface area (Å²) in [6.45, 7) is 6.16. The van der Waals surface area contributed by atoms with Crippen molar-refractivity contribution >= 4 is 32.2 Å². The lowest BCUT2D eigenvalue weighted by atomic mass is 10.0. The molecule has 9 heteroatoms. The average molecular weight is 556 g/mol. The van der Waals surface area contributed by atoms with Gasteiger partial charge in [-0.05, 0) is 98.9 Å². The zero-order chi connectivity index (χ0) is 27.1. The van der Waals surface area contributed by atoms with Crippen molar-refractivity contribution in [2.45, 2.75) is 26.2 Å². The van der Waals surface area contributed by atoms with Gasteiger partial charge >= 0.3 is 0 Å². The maximum atomic E-state index is 9.93. The van der Waals surface area contributed by atoms with Crippen molar-refractivity contribution in [3.05, 3.63) is 71.6 Å². The van der Waals surface area contributed by atoms with Gasteiger partial charge < -0.3 is 14.6 Å². The maximum Gasteiger partial charge on any atom is 0.261 e. The Morgan fingerprint density at radius 1 is 0.921 bits per heavy atom. The van der Waals surface area contributed by atoms with E-state index in [1.807, 2.05) is 36.4 Å². The van der Waals surface area contributed by atoms with E-state index in [0.29, 0.717) is 12.9 Å². The van der Waals surface area contributed by atoms with Crippen LogP contribution in [-0.2, 0) is 10.1 Å². The van der Waals surface area contributed by atoms with Gasteiger partial charge in [-0.15, -0.1) is 11.3 Å². The van der Waals surface area contributed by atoms with E-state index >= 15 is 0 Å². The Hall–Kier alpha value is -3.11. The minimum atomic E-state index is -3.67. The van der Waals surface area contributed by atoms with Crippen LogP contribution in [0.5, 0.6) is 23.0 Å². The molecule has 0 saturated carbocycles. The fourth-order valence-electron chi connectivity index (χ4n) is 4.37. The Morgan fingerprint density at radius 2 is 1.61 bits per heavy atom. The van der Waals surface area contributed by atoms with Crippen LogP contribution in [0.3, 0.4) is 0 Å². The Labute approximate surface area is 228 Å². The highest BCUT2D eigenvalue weighted by Crippen LogP contribution is 2.42. The van der Waals surface area contributed by atoms with Crippen LogP contribution in [0.25, 0.3) is 21.2 Å². The number of nitrogens with zero attached hydrogens (tertiary/aromatic N) is 1. The van der Waals surface area contributed by atoms with Gasteiger partial charge in [0.1, 0.15) is 29.6 Å². The number of ether oxygens (including phenoxy) is 2. The van der Waals surface area contributed by atoms with E-state index in [1.54, 1.807) is 23.5 Å². The summed E-state index contributed by atoms with van der Waals surface area (Å²) in [5.74, 6) is 2.66. The third-order valence-corrected chi connectivity index (χ3v) is 7.16. The summed E-state index contributed by atoms with van der Waals surface area (Å²) in [5, 5.41) is 11.8.